The van der Waals surface area contributed by atoms with Gasteiger partial charge in [0.05, 0.1) is 21.4 Å². The first-order valence-corrected chi connectivity index (χ1v) is 12.2. The van der Waals surface area contributed by atoms with Crippen molar-refractivity contribution in [3.63, 3.8) is 0 Å². The summed E-state index contributed by atoms with van der Waals surface area (Å²) in [6.07, 6.45) is 3.74. The fraction of sp³-hybridized carbons (Fsp3) is 0.375. The van der Waals surface area contributed by atoms with Gasteiger partial charge in [0.1, 0.15) is 23.3 Å². The number of pyridine rings is 1. The highest BCUT2D eigenvalue weighted by molar-refractivity contribution is 7.13. The number of nitrogens with one attached hydrogen (secondary N) is 1. The molecule has 5 heterocycles. The van der Waals surface area contributed by atoms with Crippen molar-refractivity contribution in [2.45, 2.75) is 38.3 Å². The van der Waals surface area contributed by atoms with Crippen LogP contribution in [-0.4, -0.2) is 61.1 Å². The number of ether oxygens (including phenoxy) is 1. The summed E-state index contributed by atoms with van der Waals surface area (Å²) in [7, 11) is 0. The maximum atomic E-state index is 15.0. The number of halogens is 1. The molecular formula is C24H24FN7O2S. The van der Waals surface area contributed by atoms with E-state index in [1.54, 1.807) is 12.3 Å². The Kier molecular flexibility index (Phi) is 4.82. The highest BCUT2D eigenvalue weighted by Crippen LogP contribution is 2.42. The minimum Gasteiger partial charge on any atom is -0.444 e. The van der Waals surface area contributed by atoms with Crippen LogP contribution >= 0.6 is 11.5 Å². The minimum atomic E-state index is -0.523. The van der Waals surface area contributed by atoms with Crippen molar-refractivity contribution in [3.05, 3.63) is 42.6 Å². The molecule has 6 rings (SSSR count). The zero-order valence-corrected chi connectivity index (χ0v) is 20.4. The van der Waals surface area contributed by atoms with Gasteiger partial charge in [0.2, 0.25) is 0 Å². The molecule has 9 nitrogen and oxygen atoms in total. The van der Waals surface area contributed by atoms with Gasteiger partial charge in [-0.15, -0.1) is 0 Å². The number of nitrogens with zero attached hydrogens (tertiary/aromatic N) is 6. The molecule has 3 aromatic heterocycles. The summed E-state index contributed by atoms with van der Waals surface area (Å²) in [5, 5.41) is 3.84. The number of benzene rings is 1. The fourth-order valence-corrected chi connectivity index (χ4v) is 5.31. The second-order valence-electron chi connectivity index (χ2n) is 10.0. The number of likely N-dealkylation sites (tertiary alicyclic amines) is 1. The lowest BCUT2D eigenvalue weighted by molar-refractivity contribution is -0.0562. The van der Waals surface area contributed by atoms with Crippen molar-refractivity contribution < 1.29 is 13.9 Å². The highest BCUT2D eigenvalue weighted by Gasteiger charge is 2.56. The largest absolute Gasteiger partial charge is 0.444 e. The van der Waals surface area contributed by atoms with E-state index in [1.807, 2.05) is 43.9 Å². The van der Waals surface area contributed by atoms with Crippen LogP contribution in [0.5, 0.6) is 0 Å². The standard InChI is InChI=1S/C24H24FN7O2S/c1-23(2,3)34-22(33)32-9-8-24(32)11-31(12-24)17-7-6-16-19(30-17)21(27-13-26-16)29-15-5-4-14-10-28-35-20(14)18(15)25/h4-7,10,13H,8-9,11-12H2,1-3H3,(H,26,27,29). The predicted molar refractivity (Wildman–Crippen MR) is 133 cm³/mol. The Morgan fingerprint density at radius 1 is 1.20 bits per heavy atom. The van der Waals surface area contributed by atoms with E-state index in [2.05, 4.69) is 24.6 Å². The number of fused-ring (bicyclic) bond motifs is 2. The molecule has 2 aliphatic rings. The first-order valence-electron chi connectivity index (χ1n) is 11.4. The molecule has 0 unspecified atom stereocenters. The van der Waals surface area contributed by atoms with Gasteiger partial charge in [0.15, 0.2) is 11.6 Å². The van der Waals surface area contributed by atoms with Crippen LogP contribution in [0.15, 0.2) is 36.8 Å². The molecule has 1 amide bonds. The molecule has 1 aromatic carbocycles. The van der Waals surface area contributed by atoms with Crippen molar-refractivity contribution in [2.24, 2.45) is 0 Å². The molecule has 2 aliphatic heterocycles. The molecule has 2 fully saturated rings. The first kappa shape index (κ1) is 21.9. The van der Waals surface area contributed by atoms with Gasteiger partial charge in [0, 0.05) is 31.2 Å². The number of rotatable bonds is 3. The van der Waals surface area contributed by atoms with E-state index < -0.39 is 5.60 Å². The van der Waals surface area contributed by atoms with Crippen molar-refractivity contribution in [1.29, 1.82) is 0 Å². The number of hydrogen-bond acceptors (Lipinski definition) is 9. The Hall–Kier alpha value is -3.60. The molecule has 0 saturated carbocycles. The molecular weight excluding hydrogens is 469 g/mol. The molecule has 0 radical (unpaired) electrons. The van der Waals surface area contributed by atoms with Crippen molar-refractivity contribution in [1.82, 2.24) is 24.2 Å². The maximum absolute atomic E-state index is 15.0. The smallest absolute Gasteiger partial charge is 0.410 e. The molecule has 4 aromatic rings. The van der Waals surface area contributed by atoms with E-state index in [0.717, 1.165) is 29.2 Å². The summed E-state index contributed by atoms with van der Waals surface area (Å²) in [6, 6.07) is 7.28. The topological polar surface area (TPSA) is 96.4 Å². The minimum absolute atomic E-state index is 0.208. The molecule has 1 N–H and O–H groups in total. The van der Waals surface area contributed by atoms with E-state index in [1.165, 1.54) is 6.33 Å². The van der Waals surface area contributed by atoms with Crippen molar-refractivity contribution in [3.8, 4) is 0 Å². The van der Waals surface area contributed by atoms with E-state index >= 15 is 0 Å². The quantitative estimate of drug-likeness (QED) is 0.438. The van der Waals surface area contributed by atoms with Crippen LogP contribution in [0, 0.1) is 5.82 Å². The van der Waals surface area contributed by atoms with E-state index in [0.29, 0.717) is 46.9 Å². The number of aromatic nitrogens is 4. The Balaban J connectivity index is 1.24. The predicted octanol–water partition coefficient (Wildman–Crippen LogP) is 4.72. The molecule has 0 bridgehead atoms. The molecule has 35 heavy (non-hydrogen) atoms. The zero-order valence-electron chi connectivity index (χ0n) is 19.6. The normalized spacial score (nSPS) is 16.9. The molecule has 0 aliphatic carbocycles. The summed E-state index contributed by atoms with van der Waals surface area (Å²) in [6.45, 7) is 7.68. The Labute approximate surface area is 205 Å². The average molecular weight is 494 g/mol. The van der Waals surface area contributed by atoms with Crippen LogP contribution in [0.1, 0.15) is 27.2 Å². The monoisotopic (exact) mass is 493 g/mol. The van der Waals surface area contributed by atoms with Crippen LogP contribution in [-0.2, 0) is 4.74 Å². The van der Waals surface area contributed by atoms with E-state index in [4.69, 9.17) is 9.72 Å². The summed E-state index contributed by atoms with van der Waals surface area (Å²) < 4.78 is 25.1. The van der Waals surface area contributed by atoms with Crippen molar-refractivity contribution >= 4 is 56.1 Å². The Bertz CT molecular complexity index is 1460. The van der Waals surface area contributed by atoms with Crippen molar-refractivity contribution in [2.75, 3.05) is 29.9 Å². The lowest BCUT2D eigenvalue weighted by Gasteiger charge is -2.62. The first-order chi connectivity index (χ1) is 16.7. The summed E-state index contributed by atoms with van der Waals surface area (Å²) in [5.41, 5.74) is 0.775. The number of hydrogen-bond donors (Lipinski definition) is 1. The lowest BCUT2D eigenvalue weighted by Crippen LogP contribution is -2.78. The number of anilines is 3. The van der Waals surface area contributed by atoms with Gasteiger partial charge in [0.25, 0.3) is 0 Å². The highest BCUT2D eigenvalue weighted by atomic mass is 32.1. The number of amides is 1. The van der Waals surface area contributed by atoms with E-state index in [9.17, 15) is 9.18 Å². The van der Waals surface area contributed by atoms with Gasteiger partial charge in [-0.25, -0.2) is 24.1 Å². The molecule has 0 atom stereocenters. The van der Waals surface area contributed by atoms with Gasteiger partial charge < -0.3 is 15.0 Å². The summed E-state index contributed by atoms with van der Waals surface area (Å²) in [4.78, 5) is 30.0. The summed E-state index contributed by atoms with van der Waals surface area (Å²) >= 11 is 1.11. The number of carbonyl (C=O) groups is 1. The third-order valence-corrected chi connectivity index (χ3v) is 7.27. The van der Waals surface area contributed by atoms with E-state index in [-0.39, 0.29) is 17.4 Å². The van der Waals surface area contributed by atoms with Crippen LogP contribution < -0.4 is 10.2 Å². The van der Waals surface area contributed by atoms with Gasteiger partial charge >= 0.3 is 6.09 Å². The van der Waals surface area contributed by atoms with Gasteiger partial charge in [-0.2, -0.15) is 4.37 Å². The van der Waals surface area contributed by atoms with Gasteiger partial charge in [-0.3, -0.25) is 4.90 Å². The molecule has 180 valence electrons. The van der Waals surface area contributed by atoms with Crippen LogP contribution in [0.25, 0.3) is 21.1 Å². The SMILES string of the molecule is CC(C)(C)OC(=O)N1CCC12CN(c1ccc3ncnc(Nc4ccc5cnsc5c4F)c3n1)C2. The zero-order chi connectivity index (χ0) is 24.4. The van der Waals surface area contributed by atoms with Gasteiger partial charge in [-0.1, -0.05) is 0 Å². The fourth-order valence-electron chi connectivity index (χ4n) is 4.62. The van der Waals surface area contributed by atoms with Gasteiger partial charge in [-0.05, 0) is 63.0 Å². The average Bonchev–Trinajstić information content (AvgIpc) is 3.23. The number of carbonyl (C=O) groups excluding carboxylic acids is 1. The summed E-state index contributed by atoms with van der Waals surface area (Å²) in [5.74, 6) is 0.814. The lowest BCUT2D eigenvalue weighted by atomic mass is 9.78. The Morgan fingerprint density at radius 2 is 2.03 bits per heavy atom. The second-order valence-corrected chi connectivity index (χ2v) is 10.8. The second kappa shape index (κ2) is 7.70. The van der Waals surface area contributed by atoms with Crippen LogP contribution in [0.2, 0.25) is 0 Å². The molecule has 11 heteroatoms. The third-order valence-electron chi connectivity index (χ3n) is 6.47. The molecule has 1 spiro atoms. The van der Waals surface area contributed by atoms with Crippen LogP contribution in [0.3, 0.4) is 0 Å². The van der Waals surface area contributed by atoms with Crippen LogP contribution in [0.4, 0.5) is 26.5 Å². The Morgan fingerprint density at radius 3 is 2.77 bits per heavy atom. The molecule has 2 saturated heterocycles. The maximum Gasteiger partial charge on any atom is 0.410 e. The third kappa shape index (κ3) is 3.70.